The molecule has 0 fully saturated rings. The van der Waals surface area contributed by atoms with Crippen LogP contribution in [0.25, 0.3) is 0 Å². The fourth-order valence-corrected chi connectivity index (χ4v) is 9.46. The van der Waals surface area contributed by atoms with Crippen LogP contribution in [-0.4, -0.2) is 11.9 Å². The van der Waals surface area contributed by atoms with E-state index < -0.39 is 7.26 Å². The smallest absolute Gasteiger partial charge is 0.141 e. The van der Waals surface area contributed by atoms with Crippen LogP contribution in [0.15, 0.2) is 91.0 Å². The summed E-state index contributed by atoms with van der Waals surface area (Å²) in [5, 5.41) is 4.23. The maximum Gasteiger partial charge on any atom is 0.141 e. The van der Waals surface area contributed by atoms with E-state index in [-0.39, 0.29) is 11.3 Å². The minimum atomic E-state index is -1.85. The van der Waals surface area contributed by atoms with Gasteiger partial charge in [0.2, 0.25) is 0 Å². The number of rotatable bonds is 8. The van der Waals surface area contributed by atoms with Crippen molar-refractivity contribution in [1.29, 1.82) is 0 Å². The Kier molecular flexibility index (Phi) is 7.50. The largest absolute Gasteiger partial charge is 0.299 e. The van der Waals surface area contributed by atoms with E-state index in [0.29, 0.717) is 11.7 Å². The van der Waals surface area contributed by atoms with Crippen molar-refractivity contribution in [2.45, 2.75) is 41.0 Å². The van der Waals surface area contributed by atoms with Gasteiger partial charge in [0.25, 0.3) is 0 Å². The van der Waals surface area contributed by atoms with E-state index in [0.717, 1.165) is 12.6 Å². The quantitative estimate of drug-likeness (QED) is 0.385. The van der Waals surface area contributed by atoms with Crippen molar-refractivity contribution in [1.82, 2.24) is 0 Å². The Bertz CT molecular complexity index is 861. The summed E-state index contributed by atoms with van der Waals surface area (Å²) in [5.41, 5.74) is -0.288. The minimum absolute atomic E-state index is 0.0687. The molecule has 0 bridgehead atoms. The van der Waals surface area contributed by atoms with E-state index in [9.17, 15) is 4.79 Å². The number of benzene rings is 3. The van der Waals surface area contributed by atoms with Gasteiger partial charge >= 0.3 is 0 Å². The van der Waals surface area contributed by atoms with E-state index in [1.165, 1.54) is 15.9 Å². The highest BCUT2D eigenvalue weighted by atomic mass is 31.2. The van der Waals surface area contributed by atoms with Gasteiger partial charge in [-0.2, -0.15) is 0 Å². The summed E-state index contributed by atoms with van der Waals surface area (Å²) >= 11 is 0. The van der Waals surface area contributed by atoms with E-state index in [4.69, 9.17) is 0 Å². The molecule has 31 heavy (non-hydrogen) atoms. The number of ketones is 1. The molecule has 3 aromatic carbocycles. The van der Waals surface area contributed by atoms with Gasteiger partial charge in [-0.15, -0.1) is 0 Å². The second-order valence-electron chi connectivity index (χ2n) is 9.86. The zero-order valence-electron chi connectivity index (χ0n) is 19.6. The molecule has 0 aliphatic carbocycles. The highest BCUT2D eigenvalue weighted by molar-refractivity contribution is 7.95. The van der Waals surface area contributed by atoms with Crippen LogP contribution in [0.3, 0.4) is 0 Å². The topological polar surface area (TPSA) is 17.1 Å². The maximum absolute atomic E-state index is 12.9. The van der Waals surface area contributed by atoms with E-state index in [1.807, 2.05) is 20.8 Å². The van der Waals surface area contributed by atoms with E-state index >= 15 is 0 Å². The van der Waals surface area contributed by atoms with E-state index in [1.54, 1.807) is 0 Å². The maximum atomic E-state index is 12.9. The van der Waals surface area contributed by atoms with E-state index in [2.05, 4.69) is 105 Å². The summed E-state index contributed by atoms with van der Waals surface area (Å²) in [5.74, 6) is 0.858. The van der Waals surface area contributed by atoms with Crippen molar-refractivity contribution in [3.05, 3.63) is 91.0 Å². The molecule has 2 atom stereocenters. The van der Waals surface area contributed by atoms with Crippen LogP contribution in [0.2, 0.25) is 0 Å². The first-order valence-corrected chi connectivity index (χ1v) is 13.3. The number of hydrogen-bond acceptors (Lipinski definition) is 1. The van der Waals surface area contributed by atoms with Gasteiger partial charge in [-0.1, -0.05) is 89.2 Å². The van der Waals surface area contributed by atoms with Gasteiger partial charge in [0.1, 0.15) is 29.0 Å². The molecule has 0 radical (unpaired) electrons. The predicted octanol–water partition coefficient (Wildman–Crippen LogP) is 6.26. The average molecular weight is 432 g/mol. The molecular weight excluding hydrogens is 395 g/mol. The Balaban J connectivity index is 2.07. The minimum Gasteiger partial charge on any atom is -0.299 e. The molecule has 0 saturated heterocycles. The van der Waals surface area contributed by atoms with Gasteiger partial charge < -0.3 is 0 Å². The second kappa shape index (κ2) is 9.92. The summed E-state index contributed by atoms with van der Waals surface area (Å²) in [6.07, 6.45) is 1.98. The standard InChI is InChI=1S/C29H36OP/c1-23(21-24(2)28(30)29(3,4)5)22-31(25-15-9-6-10-16-25,26-17-11-7-12-18-26)27-19-13-8-14-20-27/h6-20,23-24H,21-22H2,1-5H3/q+1. The fraction of sp³-hybridized carbons (Fsp3) is 0.345. The van der Waals surface area contributed by atoms with Gasteiger partial charge in [0, 0.05) is 11.3 Å². The Hall–Kier alpha value is -2.24. The third kappa shape index (κ3) is 5.34. The van der Waals surface area contributed by atoms with Crippen LogP contribution >= 0.6 is 7.26 Å². The summed E-state index contributed by atoms with van der Waals surface area (Å²) in [4.78, 5) is 12.9. The molecule has 2 heteroatoms. The molecule has 0 saturated carbocycles. The lowest BCUT2D eigenvalue weighted by Gasteiger charge is -2.31. The molecule has 2 unspecified atom stereocenters. The molecule has 0 aromatic heterocycles. The zero-order chi connectivity index (χ0) is 22.5. The van der Waals surface area contributed by atoms with Gasteiger partial charge in [0.05, 0.1) is 6.16 Å². The molecule has 0 spiro atoms. The monoisotopic (exact) mass is 431 g/mol. The Morgan fingerprint density at radius 1 is 0.710 bits per heavy atom. The first-order valence-electron chi connectivity index (χ1n) is 11.3. The molecule has 0 aliphatic rings. The Morgan fingerprint density at radius 2 is 1.06 bits per heavy atom. The predicted molar refractivity (Wildman–Crippen MR) is 137 cm³/mol. The molecule has 0 aliphatic heterocycles. The molecule has 3 rings (SSSR count). The third-order valence-corrected chi connectivity index (χ3v) is 10.8. The Morgan fingerprint density at radius 3 is 1.39 bits per heavy atom. The van der Waals surface area contributed by atoms with Crippen molar-refractivity contribution < 1.29 is 4.79 Å². The summed E-state index contributed by atoms with van der Waals surface area (Å²) in [6.45, 7) is 10.5. The summed E-state index contributed by atoms with van der Waals surface area (Å²) < 4.78 is 0. The number of carbonyl (C=O) groups is 1. The highest BCUT2D eigenvalue weighted by Gasteiger charge is 2.46. The molecular formula is C29H36OP+. The lowest BCUT2D eigenvalue weighted by Crippen LogP contribution is -2.36. The molecule has 1 nitrogen and oxygen atoms in total. The first-order chi connectivity index (χ1) is 14.7. The lowest BCUT2D eigenvalue weighted by atomic mass is 9.81. The summed E-state index contributed by atoms with van der Waals surface area (Å²) in [6, 6.07) is 33.0. The van der Waals surface area contributed by atoms with Crippen LogP contribution in [0.1, 0.15) is 41.0 Å². The van der Waals surface area contributed by atoms with Gasteiger partial charge in [0.15, 0.2) is 0 Å². The first kappa shape index (κ1) is 23.4. The van der Waals surface area contributed by atoms with Gasteiger partial charge in [-0.05, 0) is 48.7 Å². The molecule has 0 N–H and O–H groups in total. The van der Waals surface area contributed by atoms with Crippen LogP contribution in [-0.2, 0) is 4.79 Å². The number of Topliss-reactive ketones (excluding diaryl/α,β-unsaturated/α-hetero) is 1. The van der Waals surface area contributed by atoms with Crippen molar-refractivity contribution >= 4 is 29.0 Å². The Labute approximate surface area is 189 Å². The van der Waals surface area contributed by atoms with Gasteiger partial charge in [-0.25, -0.2) is 0 Å². The number of hydrogen-bond donors (Lipinski definition) is 0. The third-order valence-electron chi connectivity index (χ3n) is 6.12. The van der Waals surface area contributed by atoms with Crippen molar-refractivity contribution in [2.24, 2.45) is 17.3 Å². The SMILES string of the molecule is CC(CC(C)C(=O)C(C)(C)C)C[P+](c1ccccc1)(c1ccccc1)c1ccccc1. The zero-order valence-corrected chi connectivity index (χ0v) is 20.5. The molecule has 162 valence electrons. The average Bonchev–Trinajstić information content (AvgIpc) is 2.78. The molecule has 0 amide bonds. The van der Waals surface area contributed by atoms with Crippen LogP contribution < -0.4 is 15.9 Å². The normalized spacial score (nSPS) is 14.1. The lowest BCUT2D eigenvalue weighted by molar-refractivity contribution is -0.130. The molecule has 0 heterocycles. The van der Waals surface area contributed by atoms with Crippen LogP contribution in [0.5, 0.6) is 0 Å². The summed E-state index contributed by atoms with van der Waals surface area (Å²) in [7, 11) is -1.85. The van der Waals surface area contributed by atoms with Crippen molar-refractivity contribution in [3.8, 4) is 0 Å². The fourth-order valence-electron chi connectivity index (χ4n) is 4.80. The second-order valence-corrected chi connectivity index (χ2v) is 13.4. The van der Waals surface area contributed by atoms with Crippen LogP contribution in [0, 0.1) is 17.3 Å². The van der Waals surface area contributed by atoms with Gasteiger partial charge in [-0.3, -0.25) is 4.79 Å². The van der Waals surface area contributed by atoms with Crippen molar-refractivity contribution in [3.63, 3.8) is 0 Å². The van der Waals surface area contributed by atoms with Crippen LogP contribution in [0.4, 0.5) is 0 Å². The molecule has 3 aromatic rings. The van der Waals surface area contributed by atoms with Crippen molar-refractivity contribution in [2.75, 3.05) is 6.16 Å². The highest BCUT2D eigenvalue weighted by Crippen LogP contribution is 2.57. The number of carbonyl (C=O) groups excluding carboxylic acids is 1.